The van der Waals surface area contributed by atoms with E-state index in [0.717, 1.165) is 0 Å². The van der Waals surface area contributed by atoms with Crippen LogP contribution >= 0.6 is 0 Å². The summed E-state index contributed by atoms with van der Waals surface area (Å²) in [5, 5.41) is 0. The summed E-state index contributed by atoms with van der Waals surface area (Å²) in [6, 6.07) is 0. The first-order valence-electron chi connectivity index (χ1n) is 2.13. The van der Waals surface area contributed by atoms with Gasteiger partial charge in [-0.2, -0.15) is 0 Å². The predicted molar refractivity (Wildman–Crippen MR) is 22.2 cm³/mol. The zero-order valence-electron chi connectivity index (χ0n) is 4.16. The van der Waals surface area contributed by atoms with Crippen molar-refractivity contribution >= 4 is 0 Å². The molecule has 0 aliphatic carbocycles. The Morgan fingerprint density at radius 2 is 2.29 bits per heavy atom. The first-order chi connectivity index (χ1) is 3.31. The Kier molecular flexibility index (Phi) is 3.89. The van der Waals surface area contributed by atoms with Gasteiger partial charge in [-0.25, -0.2) is 8.78 Å². The summed E-state index contributed by atoms with van der Waals surface area (Å²) in [5.74, 6) is 0. The summed E-state index contributed by atoms with van der Waals surface area (Å²) in [6.45, 7) is 0.551. The molecule has 7 heavy (non-hydrogen) atoms. The molecule has 0 heterocycles. The van der Waals surface area contributed by atoms with Crippen LogP contribution in [0.25, 0.3) is 0 Å². The van der Waals surface area contributed by atoms with E-state index >= 15 is 0 Å². The summed E-state index contributed by atoms with van der Waals surface area (Å²) in [6.07, 6.45) is -1.21. The van der Waals surface area contributed by atoms with Crippen molar-refractivity contribution in [1.82, 2.24) is 0 Å². The van der Waals surface area contributed by atoms with Crippen molar-refractivity contribution in [2.24, 2.45) is 0 Å². The molecule has 0 spiro atoms. The average molecular weight is 110 g/mol. The highest BCUT2D eigenvalue weighted by Gasteiger charge is 1.98. The van der Waals surface area contributed by atoms with Crippen LogP contribution in [0.4, 0.5) is 8.78 Å². The zero-order valence-corrected chi connectivity index (χ0v) is 4.16. The van der Waals surface area contributed by atoms with Crippen LogP contribution in [0.5, 0.6) is 0 Å². The molecule has 0 aromatic heterocycles. The van der Waals surface area contributed by atoms with E-state index in [-0.39, 0.29) is 6.42 Å². The quantitative estimate of drug-likeness (QED) is 0.536. The number of hydrogen-bond donors (Lipinski definition) is 0. The second kappa shape index (κ2) is 3.99. The molecular formula is C4H8F2O. The highest BCUT2D eigenvalue weighted by Crippen LogP contribution is 1.97. The van der Waals surface area contributed by atoms with Gasteiger partial charge in [0.05, 0.1) is 0 Å². The van der Waals surface area contributed by atoms with Crippen molar-refractivity contribution in [2.45, 2.75) is 19.7 Å². The van der Waals surface area contributed by atoms with E-state index in [1.807, 2.05) is 0 Å². The predicted octanol–water partition coefficient (Wildman–Crippen LogP) is 1.64. The maximum absolute atomic E-state index is 11.7. The highest BCUT2D eigenvalue weighted by molar-refractivity contribution is 4.29. The Hall–Kier alpha value is -0.180. The molecule has 0 bridgehead atoms. The third-order valence-corrected chi connectivity index (χ3v) is 0.565. The van der Waals surface area contributed by atoms with Crippen LogP contribution < -0.4 is 0 Å². The monoisotopic (exact) mass is 110 g/mol. The molecule has 0 N–H and O–H groups in total. The average Bonchev–Trinajstić information content (AvgIpc) is 1.68. The summed E-state index contributed by atoms with van der Waals surface area (Å²) in [7, 11) is 0. The number of alkyl halides is 2. The van der Waals surface area contributed by atoms with Crippen LogP contribution in [0.3, 0.4) is 0 Å². The van der Waals surface area contributed by atoms with E-state index < -0.39 is 13.2 Å². The fourth-order valence-electron chi connectivity index (χ4n) is 0.186. The molecule has 0 aliphatic rings. The van der Waals surface area contributed by atoms with Gasteiger partial charge in [0.15, 0.2) is 6.86 Å². The Bertz CT molecular complexity index is 40.7. The van der Waals surface area contributed by atoms with Gasteiger partial charge in [0.2, 0.25) is 6.36 Å². The zero-order chi connectivity index (χ0) is 5.70. The van der Waals surface area contributed by atoms with E-state index in [1.54, 1.807) is 6.92 Å². The van der Waals surface area contributed by atoms with Gasteiger partial charge in [0.1, 0.15) is 0 Å². The molecule has 0 saturated carbocycles. The lowest BCUT2D eigenvalue weighted by Gasteiger charge is -1.99. The minimum atomic E-state index is -1.43. The third-order valence-electron chi connectivity index (χ3n) is 0.565. The van der Waals surface area contributed by atoms with Gasteiger partial charge in [-0.15, -0.1) is 0 Å². The molecule has 0 saturated heterocycles. The van der Waals surface area contributed by atoms with E-state index in [4.69, 9.17) is 0 Å². The summed E-state index contributed by atoms with van der Waals surface area (Å²) >= 11 is 0. The molecule has 0 amide bonds. The van der Waals surface area contributed by atoms with Crippen LogP contribution in [0.2, 0.25) is 0 Å². The minimum absolute atomic E-state index is 0.212. The third kappa shape index (κ3) is 3.66. The van der Waals surface area contributed by atoms with E-state index in [9.17, 15) is 8.78 Å². The lowest BCUT2D eigenvalue weighted by Crippen LogP contribution is -2.01. The van der Waals surface area contributed by atoms with Gasteiger partial charge in [-0.3, -0.25) is 0 Å². The molecule has 0 radical (unpaired) electrons. The van der Waals surface area contributed by atoms with Crippen molar-refractivity contribution in [3.8, 4) is 0 Å². The molecule has 0 rings (SSSR count). The molecule has 0 fully saturated rings. The summed E-state index contributed by atoms with van der Waals surface area (Å²) in [4.78, 5) is 0. The van der Waals surface area contributed by atoms with Crippen molar-refractivity contribution in [3.63, 3.8) is 0 Å². The Balaban J connectivity index is 2.83. The van der Waals surface area contributed by atoms with Crippen LogP contribution in [-0.2, 0) is 4.74 Å². The molecule has 44 valence electrons. The maximum atomic E-state index is 11.7. The van der Waals surface area contributed by atoms with Crippen molar-refractivity contribution in [1.29, 1.82) is 0 Å². The van der Waals surface area contributed by atoms with Gasteiger partial charge in [-0.1, -0.05) is 6.92 Å². The summed E-state index contributed by atoms with van der Waals surface area (Å²) < 4.78 is 26.5. The molecule has 3 heteroatoms. The van der Waals surface area contributed by atoms with Crippen LogP contribution in [-0.4, -0.2) is 13.2 Å². The molecule has 0 aliphatic heterocycles. The second-order valence-electron chi connectivity index (χ2n) is 1.09. The minimum Gasteiger partial charge on any atom is -0.317 e. The Morgan fingerprint density at radius 3 is 2.43 bits per heavy atom. The first kappa shape index (κ1) is 6.82. The van der Waals surface area contributed by atoms with Gasteiger partial charge >= 0.3 is 0 Å². The smallest absolute Gasteiger partial charge is 0.201 e. The topological polar surface area (TPSA) is 9.23 Å². The second-order valence-corrected chi connectivity index (χ2v) is 1.09. The van der Waals surface area contributed by atoms with E-state index in [1.165, 1.54) is 0 Å². The van der Waals surface area contributed by atoms with E-state index in [0.29, 0.717) is 0 Å². The van der Waals surface area contributed by atoms with Gasteiger partial charge in [0, 0.05) is 6.42 Å². The van der Waals surface area contributed by atoms with Crippen molar-refractivity contribution in [3.05, 3.63) is 0 Å². The number of rotatable bonds is 3. The Morgan fingerprint density at radius 1 is 1.71 bits per heavy atom. The van der Waals surface area contributed by atoms with Crippen LogP contribution in [0.15, 0.2) is 0 Å². The molecule has 1 nitrogen and oxygen atoms in total. The van der Waals surface area contributed by atoms with Crippen LogP contribution in [0, 0.1) is 0 Å². The lowest BCUT2D eigenvalue weighted by molar-refractivity contribution is -0.0778. The molecule has 1 atom stereocenters. The Labute approximate surface area is 41.3 Å². The lowest BCUT2D eigenvalue weighted by atomic mass is 10.5. The normalized spacial score (nSPS) is 14.1. The molecule has 1 unspecified atom stereocenters. The highest BCUT2D eigenvalue weighted by atomic mass is 19.2. The van der Waals surface area contributed by atoms with Crippen LogP contribution in [0.1, 0.15) is 13.3 Å². The first-order valence-corrected chi connectivity index (χ1v) is 2.13. The van der Waals surface area contributed by atoms with Crippen molar-refractivity contribution in [2.75, 3.05) is 6.86 Å². The summed E-state index contributed by atoms with van der Waals surface area (Å²) in [5.41, 5.74) is 0. The van der Waals surface area contributed by atoms with Gasteiger partial charge in [-0.05, 0) is 0 Å². The molecular weight excluding hydrogens is 102 g/mol. The fourth-order valence-corrected chi connectivity index (χ4v) is 0.186. The fraction of sp³-hybridized carbons (Fsp3) is 1.00. The number of ether oxygens (including phenoxy) is 1. The maximum Gasteiger partial charge on any atom is 0.201 e. The molecule has 0 aromatic carbocycles. The van der Waals surface area contributed by atoms with Gasteiger partial charge in [0.25, 0.3) is 0 Å². The van der Waals surface area contributed by atoms with Crippen molar-refractivity contribution < 1.29 is 13.5 Å². The SMILES string of the molecule is CCC(F)OCF. The largest absolute Gasteiger partial charge is 0.317 e. The standard InChI is InChI=1S/C4H8F2O/c1-2-4(6)7-3-5/h4H,2-3H2,1H3. The number of halogens is 2. The van der Waals surface area contributed by atoms with Gasteiger partial charge < -0.3 is 4.74 Å². The molecule has 0 aromatic rings. The number of hydrogen-bond acceptors (Lipinski definition) is 1. The van der Waals surface area contributed by atoms with E-state index in [2.05, 4.69) is 4.74 Å².